The molecule has 226 valence electrons. The van der Waals surface area contributed by atoms with Gasteiger partial charge >= 0.3 is 6.09 Å². The molecule has 11 heteroatoms. The fourth-order valence-electron chi connectivity index (χ4n) is 6.34. The number of aromatic nitrogens is 3. The number of piperidine rings is 1. The predicted octanol–water partition coefficient (Wildman–Crippen LogP) is 4.15. The molecule has 0 radical (unpaired) electrons. The summed E-state index contributed by atoms with van der Waals surface area (Å²) in [5.74, 6) is 1.68. The number of likely N-dealkylation sites (tertiary alicyclic amines) is 1. The minimum absolute atomic E-state index is 0.0162. The molecule has 2 aromatic rings. The molecule has 0 unspecified atom stereocenters. The van der Waals surface area contributed by atoms with Crippen molar-refractivity contribution in [3.05, 3.63) is 12.3 Å². The summed E-state index contributed by atoms with van der Waals surface area (Å²) in [7, 11) is 1.90. The quantitative estimate of drug-likeness (QED) is 0.530. The van der Waals surface area contributed by atoms with Crippen molar-refractivity contribution in [2.24, 2.45) is 5.92 Å². The van der Waals surface area contributed by atoms with E-state index in [1.165, 1.54) is 19.3 Å². The van der Waals surface area contributed by atoms with Gasteiger partial charge in [-0.3, -0.25) is 9.69 Å². The number of hydrogen-bond acceptors (Lipinski definition) is 8. The molecule has 3 fully saturated rings. The molecule has 1 aliphatic carbocycles. The smallest absolute Gasteiger partial charge is 0.410 e. The Hall–Kier alpha value is -3.08. The molecule has 2 aliphatic heterocycles. The average molecular weight is 570 g/mol. The highest BCUT2D eigenvalue weighted by Gasteiger charge is 2.34. The first-order chi connectivity index (χ1) is 19.7. The number of anilines is 1. The van der Waals surface area contributed by atoms with Crippen molar-refractivity contribution in [2.75, 3.05) is 64.8 Å². The summed E-state index contributed by atoms with van der Waals surface area (Å²) in [6.07, 6.45) is 8.86. The van der Waals surface area contributed by atoms with Gasteiger partial charge in [0.05, 0.1) is 11.7 Å². The molecule has 11 nitrogen and oxygen atoms in total. The second kappa shape index (κ2) is 12.8. The van der Waals surface area contributed by atoms with Crippen LogP contribution in [0.5, 0.6) is 5.88 Å². The summed E-state index contributed by atoms with van der Waals surface area (Å²) in [5.41, 5.74) is 1.35. The fraction of sp³-hybridized carbons (Fsp3) is 0.733. The lowest BCUT2D eigenvalue weighted by Crippen LogP contribution is -2.53. The van der Waals surface area contributed by atoms with Crippen LogP contribution >= 0.6 is 0 Å². The number of ether oxygens (including phenoxy) is 2. The van der Waals surface area contributed by atoms with E-state index in [-0.39, 0.29) is 24.0 Å². The second-order valence-corrected chi connectivity index (χ2v) is 12.6. The van der Waals surface area contributed by atoms with E-state index in [9.17, 15) is 9.59 Å². The van der Waals surface area contributed by atoms with Crippen LogP contribution in [0.2, 0.25) is 0 Å². The first-order valence-corrected chi connectivity index (χ1v) is 15.4. The third-order valence-corrected chi connectivity index (χ3v) is 8.53. The molecule has 0 spiro atoms. The van der Waals surface area contributed by atoms with Crippen molar-refractivity contribution in [3.8, 4) is 5.88 Å². The van der Waals surface area contributed by atoms with Crippen molar-refractivity contribution < 1.29 is 19.1 Å². The number of fused-ring (bicyclic) bond motifs is 1. The maximum absolute atomic E-state index is 13.4. The van der Waals surface area contributed by atoms with Crippen LogP contribution in [0.25, 0.3) is 11.0 Å². The number of amides is 2. The number of pyridine rings is 1. The third kappa shape index (κ3) is 7.23. The van der Waals surface area contributed by atoms with Gasteiger partial charge in [0.1, 0.15) is 17.7 Å². The molecular weight excluding hydrogens is 522 g/mol. The summed E-state index contributed by atoms with van der Waals surface area (Å²) in [6.45, 7) is 11.6. The molecular formula is C30H47N7O4. The zero-order chi connectivity index (χ0) is 29.0. The largest absolute Gasteiger partial charge is 0.476 e. The van der Waals surface area contributed by atoms with Gasteiger partial charge in [-0.2, -0.15) is 0 Å². The molecule has 2 saturated heterocycles. The molecule has 4 heterocycles. The van der Waals surface area contributed by atoms with Crippen molar-refractivity contribution in [2.45, 2.75) is 77.4 Å². The van der Waals surface area contributed by atoms with Gasteiger partial charge < -0.3 is 29.2 Å². The standard InChI is InChI=1S/C30H47N7O4/c1-30(2,3)41-29(39)36-16-14-35(15-17-36)27(38)22-8-10-23(11-9-22)37-25-20-26(32-21-24(25)33-28(37)31-4)40-19-18-34-12-6-5-7-13-34/h20-23H,5-19H2,1-4H3,(H,31,33). The van der Waals surface area contributed by atoms with Gasteiger partial charge in [0, 0.05) is 57.8 Å². The monoisotopic (exact) mass is 569 g/mol. The molecule has 2 aromatic heterocycles. The molecule has 41 heavy (non-hydrogen) atoms. The van der Waals surface area contributed by atoms with Gasteiger partial charge in [-0.1, -0.05) is 6.42 Å². The Morgan fingerprint density at radius 2 is 1.66 bits per heavy atom. The molecule has 0 atom stereocenters. The van der Waals surface area contributed by atoms with Gasteiger partial charge in [-0.25, -0.2) is 14.8 Å². The Morgan fingerprint density at radius 1 is 0.976 bits per heavy atom. The predicted molar refractivity (Wildman–Crippen MR) is 158 cm³/mol. The maximum atomic E-state index is 13.4. The molecule has 3 aliphatic rings. The van der Waals surface area contributed by atoms with E-state index in [1.807, 2.05) is 38.8 Å². The average Bonchev–Trinajstić information content (AvgIpc) is 3.34. The zero-order valence-electron chi connectivity index (χ0n) is 25.2. The number of carbonyl (C=O) groups is 2. The lowest BCUT2D eigenvalue weighted by molar-refractivity contribution is -0.138. The summed E-state index contributed by atoms with van der Waals surface area (Å²) >= 11 is 0. The number of nitrogens with one attached hydrogen (secondary N) is 1. The normalized spacial score (nSPS) is 22.5. The Morgan fingerprint density at radius 3 is 2.32 bits per heavy atom. The van der Waals surface area contributed by atoms with Crippen LogP contribution in [0.1, 0.15) is 71.8 Å². The molecule has 0 bridgehead atoms. The van der Waals surface area contributed by atoms with E-state index in [4.69, 9.17) is 14.5 Å². The molecule has 2 amide bonds. The molecule has 5 rings (SSSR count). The lowest BCUT2D eigenvalue weighted by Gasteiger charge is -2.38. The van der Waals surface area contributed by atoms with Crippen LogP contribution in [0, 0.1) is 5.92 Å². The summed E-state index contributed by atoms with van der Waals surface area (Å²) in [5, 5.41) is 3.26. The van der Waals surface area contributed by atoms with E-state index in [0.717, 1.165) is 62.3 Å². The van der Waals surface area contributed by atoms with E-state index in [2.05, 4.69) is 19.8 Å². The number of carbonyl (C=O) groups excluding carboxylic acids is 2. The summed E-state index contributed by atoms with van der Waals surface area (Å²) in [4.78, 5) is 41.2. The first kappa shape index (κ1) is 29.4. The van der Waals surface area contributed by atoms with E-state index in [0.29, 0.717) is 38.7 Å². The highest BCUT2D eigenvalue weighted by molar-refractivity contribution is 5.80. The number of rotatable bonds is 7. The van der Waals surface area contributed by atoms with Crippen LogP contribution in [0.4, 0.5) is 10.7 Å². The zero-order valence-corrected chi connectivity index (χ0v) is 25.2. The van der Waals surface area contributed by atoms with Crippen LogP contribution in [-0.4, -0.2) is 106 Å². The Balaban J connectivity index is 1.16. The number of nitrogens with zero attached hydrogens (tertiary/aromatic N) is 6. The van der Waals surface area contributed by atoms with E-state index < -0.39 is 5.60 Å². The number of imidazole rings is 1. The lowest BCUT2D eigenvalue weighted by atomic mass is 9.84. The number of hydrogen-bond donors (Lipinski definition) is 1. The molecule has 1 N–H and O–H groups in total. The van der Waals surface area contributed by atoms with Crippen LogP contribution in [0.15, 0.2) is 12.3 Å². The SMILES string of the molecule is CNc1nc2cnc(OCCN3CCCCC3)cc2n1C1CCC(C(=O)N2CCN(C(=O)OC(C)(C)C)CC2)CC1. The van der Waals surface area contributed by atoms with Gasteiger partial charge in [-0.05, 0) is 72.4 Å². The maximum Gasteiger partial charge on any atom is 0.410 e. The van der Waals surface area contributed by atoms with Crippen molar-refractivity contribution >= 4 is 29.0 Å². The first-order valence-electron chi connectivity index (χ1n) is 15.4. The van der Waals surface area contributed by atoms with E-state index in [1.54, 1.807) is 11.1 Å². The van der Waals surface area contributed by atoms with Crippen LogP contribution in [0.3, 0.4) is 0 Å². The third-order valence-electron chi connectivity index (χ3n) is 8.53. The molecule has 0 aromatic carbocycles. The Labute approximate surface area is 243 Å². The van der Waals surface area contributed by atoms with Crippen LogP contribution in [-0.2, 0) is 9.53 Å². The van der Waals surface area contributed by atoms with Gasteiger partial charge in [0.15, 0.2) is 0 Å². The summed E-state index contributed by atoms with van der Waals surface area (Å²) in [6, 6.07) is 2.26. The second-order valence-electron chi connectivity index (χ2n) is 12.6. The highest BCUT2D eigenvalue weighted by Crippen LogP contribution is 2.38. The Kier molecular flexibility index (Phi) is 9.21. The summed E-state index contributed by atoms with van der Waals surface area (Å²) < 4.78 is 13.8. The van der Waals surface area contributed by atoms with Gasteiger partial charge in [0.2, 0.25) is 17.7 Å². The highest BCUT2D eigenvalue weighted by atomic mass is 16.6. The minimum atomic E-state index is -0.519. The fourth-order valence-corrected chi connectivity index (χ4v) is 6.34. The molecule has 1 saturated carbocycles. The number of piperazine rings is 1. The van der Waals surface area contributed by atoms with Crippen molar-refractivity contribution in [3.63, 3.8) is 0 Å². The van der Waals surface area contributed by atoms with Crippen molar-refractivity contribution in [1.29, 1.82) is 0 Å². The van der Waals surface area contributed by atoms with Gasteiger partial charge in [-0.15, -0.1) is 0 Å². The van der Waals surface area contributed by atoms with Crippen molar-refractivity contribution in [1.82, 2.24) is 29.2 Å². The topological polar surface area (TPSA) is 105 Å². The van der Waals surface area contributed by atoms with Gasteiger partial charge in [0.25, 0.3) is 0 Å². The van der Waals surface area contributed by atoms with Crippen LogP contribution < -0.4 is 10.1 Å². The van der Waals surface area contributed by atoms with E-state index >= 15 is 0 Å². The minimum Gasteiger partial charge on any atom is -0.476 e. The Bertz CT molecular complexity index is 1190.